The molecule has 29 heavy (non-hydrogen) atoms. The molecule has 0 radical (unpaired) electrons. The summed E-state index contributed by atoms with van der Waals surface area (Å²) in [5.41, 5.74) is 2.51. The molecule has 8 heteroatoms. The SMILES string of the molecule is [C-]#[N+]c1ccc2nc(C3CCN(c4nccnc4N4CCOCC4)CC3)[nH]c2c1. The lowest BCUT2D eigenvalue weighted by Gasteiger charge is -2.35. The Hall–Kier alpha value is -3.18. The zero-order chi connectivity index (χ0) is 19.6. The molecule has 2 fully saturated rings. The van der Waals surface area contributed by atoms with E-state index >= 15 is 0 Å². The number of nitrogens with zero attached hydrogens (tertiary/aromatic N) is 6. The summed E-state index contributed by atoms with van der Waals surface area (Å²) < 4.78 is 5.48. The summed E-state index contributed by atoms with van der Waals surface area (Å²) in [5, 5.41) is 0. The van der Waals surface area contributed by atoms with Gasteiger partial charge < -0.3 is 19.5 Å². The van der Waals surface area contributed by atoms with E-state index in [0.717, 1.165) is 80.7 Å². The van der Waals surface area contributed by atoms with Crippen molar-refractivity contribution >= 4 is 28.4 Å². The summed E-state index contributed by atoms with van der Waals surface area (Å²) in [7, 11) is 0. The lowest BCUT2D eigenvalue weighted by molar-refractivity contribution is 0.122. The Morgan fingerprint density at radius 3 is 2.38 bits per heavy atom. The minimum Gasteiger partial charge on any atom is -0.378 e. The fourth-order valence-corrected chi connectivity index (χ4v) is 4.19. The first-order chi connectivity index (χ1) is 14.3. The summed E-state index contributed by atoms with van der Waals surface area (Å²) in [5.74, 6) is 3.34. The number of aromatic nitrogens is 4. The fourth-order valence-electron chi connectivity index (χ4n) is 4.19. The average Bonchev–Trinajstić information content (AvgIpc) is 3.23. The molecule has 2 aliphatic heterocycles. The maximum Gasteiger partial charge on any atom is 0.189 e. The van der Waals surface area contributed by atoms with Crippen LogP contribution in [0.25, 0.3) is 15.9 Å². The number of H-pyrrole nitrogens is 1. The van der Waals surface area contributed by atoms with Crippen LogP contribution in [0.3, 0.4) is 0 Å². The van der Waals surface area contributed by atoms with Crippen LogP contribution in [0.4, 0.5) is 17.3 Å². The molecule has 2 aliphatic rings. The summed E-state index contributed by atoms with van der Waals surface area (Å²) in [6.45, 7) is 12.2. The quantitative estimate of drug-likeness (QED) is 0.694. The van der Waals surface area contributed by atoms with E-state index < -0.39 is 0 Å². The summed E-state index contributed by atoms with van der Waals surface area (Å²) in [6.07, 6.45) is 5.57. The number of aromatic amines is 1. The van der Waals surface area contributed by atoms with Crippen molar-refractivity contribution in [2.75, 3.05) is 49.2 Å². The first-order valence-corrected chi connectivity index (χ1v) is 10.1. The normalized spacial score (nSPS) is 18.2. The third-order valence-corrected chi connectivity index (χ3v) is 5.76. The van der Waals surface area contributed by atoms with Gasteiger partial charge in [-0.25, -0.2) is 19.8 Å². The van der Waals surface area contributed by atoms with Crippen LogP contribution in [0, 0.1) is 6.57 Å². The maximum atomic E-state index is 7.18. The standard InChI is InChI=1S/C21H23N7O/c1-22-16-2-3-17-18(14-16)26-19(25-17)15-4-8-27(9-5-15)20-21(24-7-6-23-20)28-10-12-29-13-11-28/h2-3,6-7,14-15H,4-5,8-13H2,(H,25,26). The predicted molar refractivity (Wildman–Crippen MR) is 112 cm³/mol. The van der Waals surface area contributed by atoms with Gasteiger partial charge in [0.1, 0.15) is 5.82 Å². The molecule has 5 rings (SSSR count). The highest BCUT2D eigenvalue weighted by Gasteiger charge is 2.27. The van der Waals surface area contributed by atoms with Crippen LogP contribution in [-0.2, 0) is 4.74 Å². The summed E-state index contributed by atoms with van der Waals surface area (Å²) in [4.78, 5) is 25.6. The number of piperidine rings is 1. The zero-order valence-electron chi connectivity index (χ0n) is 16.2. The Kier molecular flexibility index (Phi) is 4.74. The number of hydrogen-bond acceptors (Lipinski definition) is 6. The second kappa shape index (κ2) is 7.68. The smallest absolute Gasteiger partial charge is 0.189 e. The van der Waals surface area contributed by atoms with E-state index in [-0.39, 0.29) is 0 Å². The highest BCUT2D eigenvalue weighted by Crippen LogP contribution is 2.33. The Bertz CT molecular complexity index is 1040. The predicted octanol–water partition coefficient (Wildman–Crippen LogP) is 3.12. The van der Waals surface area contributed by atoms with Crippen LogP contribution < -0.4 is 9.80 Å². The Balaban J connectivity index is 1.32. The topological polar surface area (TPSA) is 74.5 Å². The molecule has 0 saturated carbocycles. The lowest BCUT2D eigenvalue weighted by Crippen LogP contribution is -2.40. The average molecular weight is 389 g/mol. The van der Waals surface area contributed by atoms with Crippen molar-refractivity contribution in [1.29, 1.82) is 0 Å². The lowest BCUT2D eigenvalue weighted by atomic mass is 9.96. The van der Waals surface area contributed by atoms with Crippen LogP contribution in [0.5, 0.6) is 0 Å². The molecule has 3 aromatic rings. The zero-order valence-corrected chi connectivity index (χ0v) is 16.2. The molecule has 0 amide bonds. The van der Waals surface area contributed by atoms with E-state index in [1.165, 1.54) is 0 Å². The number of fused-ring (bicyclic) bond motifs is 1. The van der Waals surface area contributed by atoms with Gasteiger partial charge in [-0.05, 0) is 25.0 Å². The van der Waals surface area contributed by atoms with Crippen molar-refractivity contribution in [3.8, 4) is 0 Å². The van der Waals surface area contributed by atoms with Crippen molar-refractivity contribution in [3.05, 3.63) is 47.8 Å². The number of imidazole rings is 1. The van der Waals surface area contributed by atoms with E-state index in [9.17, 15) is 0 Å². The van der Waals surface area contributed by atoms with Crippen molar-refractivity contribution in [1.82, 2.24) is 19.9 Å². The molecular weight excluding hydrogens is 366 g/mol. The van der Waals surface area contributed by atoms with E-state index in [2.05, 4.69) is 29.6 Å². The van der Waals surface area contributed by atoms with Gasteiger partial charge in [-0.15, -0.1) is 0 Å². The van der Waals surface area contributed by atoms with E-state index in [4.69, 9.17) is 16.3 Å². The second-order valence-electron chi connectivity index (χ2n) is 7.50. The van der Waals surface area contributed by atoms with Crippen molar-refractivity contribution < 1.29 is 4.74 Å². The number of nitrogens with one attached hydrogen (secondary N) is 1. The van der Waals surface area contributed by atoms with Crippen LogP contribution in [0.15, 0.2) is 30.6 Å². The molecule has 2 saturated heterocycles. The van der Waals surface area contributed by atoms with Gasteiger partial charge in [-0.1, -0.05) is 6.07 Å². The Morgan fingerprint density at radius 2 is 1.69 bits per heavy atom. The van der Waals surface area contributed by atoms with Crippen LogP contribution in [0.2, 0.25) is 0 Å². The third-order valence-electron chi connectivity index (χ3n) is 5.76. The van der Waals surface area contributed by atoms with Crippen molar-refractivity contribution in [2.45, 2.75) is 18.8 Å². The molecule has 148 valence electrons. The van der Waals surface area contributed by atoms with Gasteiger partial charge in [0, 0.05) is 44.5 Å². The van der Waals surface area contributed by atoms with Gasteiger partial charge in [-0.2, -0.15) is 0 Å². The molecule has 4 heterocycles. The molecular formula is C21H23N7O. The maximum absolute atomic E-state index is 7.18. The van der Waals surface area contributed by atoms with Crippen molar-refractivity contribution in [3.63, 3.8) is 0 Å². The number of benzene rings is 1. The summed E-state index contributed by atoms with van der Waals surface area (Å²) >= 11 is 0. The van der Waals surface area contributed by atoms with E-state index in [1.54, 1.807) is 12.4 Å². The van der Waals surface area contributed by atoms with E-state index in [0.29, 0.717) is 11.6 Å². The van der Waals surface area contributed by atoms with Gasteiger partial charge >= 0.3 is 0 Å². The Morgan fingerprint density at radius 1 is 1.00 bits per heavy atom. The molecule has 0 spiro atoms. The van der Waals surface area contributed by atoms with Crippen molar-refractivity contribution in [2.24, 2.45) is 0 Å². The van der Waals surface area contributed by atoms with Gasteiger partial charge in [0.15, 0.2) is 17.3 Å². The number of hydrogen-bond donors (Lipinski definition) is 1. The molecule has 0 unspecified atom stereocenters. The number of rotatable bonds is 3. The van der Waals surface area contributed by atoms with Gasteiger partial charge in [0.2, 0.25) is 0 Å². The number of anilines is 2. The van der Waals surface area contributed by atoms with Crippen LogP contribution in [0.1, 0.15) is 24.6 Å². The molecule has 2 aromatic heterocycles. The van der Waals surface area contributed by atoms with Gasteiger partial charge in [0.25, 0.3) is 0 Å². The number of ether oxygens (including phenoxy) is 1. The molecule has 0 aliphatic carbocycles. The fraction of sp³-hybridized carbons (Fsp3) is 0.429. The van der Waals surface area contributed by atoms with Gasteiger partial charge in [0.05, 0.1) is 30.8 Å². The summed E-state index contributed by atoms with van der Waals surface area (Å²) in [6, 6.07) is 5.62. The van der Waals surface area contributed by atoms with E-state index in [1.807, 2.05) is 18.2 Å². The second-order valence-corrected chi connectivity index (χ2v) is 7.50. The first-order valence-electron chi connectivity index (χ1n) is 10.1. The monoisotopic (exact) mass is 389 g/mol. The first kappa shape index (κ1) is 17.9. The van der Waals surface area contributed by atoms with Crippen LogP contribution >= 0.6 is 0 Å². The minimum absolute atomic E-state index is 0.388. The minimum atomic E-state index is 0.388. The third kappa shape index (κ3) is 3.49. The highest BCUT2D eigenvalue weighted by molar-refractivity contribution is 5.79. The molecule has 0 bridgehead atoms. The van der Waals surface area contributed by atoms with Crippen LogP contribution in [-0.4, -0.2) is 59.3 Å². The molecule has 1 N–H and O–H groups in total. The highest BCUT2D eigenvalue weighted by atomic mass is 16.5. The molecule has 1 aromatic carbocycles. The molecule has 8 nitrogen and oxygen atoms in total. The largest absolute Gasteiger partial charge is 0.378 e. The number of morpholine rings is 1. The molecule has 0 atom stereocenters. The van der Waals surface area contributed by atoms with Gasteiger partial charge in [-0.3, -0.25) is 0 Å². The Labute approximate surface area is 169 Å².